The van der Waals surface area contributed by atoms with Gasteiger partial charge in [0.15, 0.2) is 5.82 Å². The lowest BCUT2D eigenvalue weighted by molar-refractivity contribution is 0.267. The summed E-state index contributed by atoms with van der Waals surface area (Å²) >= 11 is 0. The van der Waals surface area contributed by atoms with E-state index in [1.54, 1.807) is 6.20 Å². The molecule has 0 bridgehead atoms. The maximum absolute atomic E-state index is 4.61. The van der Waals surface area contributed by atoms with Crippen molar-refractivity contribution in [2.24, 2.45) is 0 Å². The minimum absolute atomic E-state index is 0.666. The van der Waals surface area contributed by atoms with E-state index in [2.05, 4.69) is 41.9 Å². The van der Waals surface area contributed by atoms with E-state index in [-0.39, 0.29) is 0 Å². The molecule has 0 saturated heterocycles. The summed E-state index contributed by atoms with van der Waals surface area (Å²) in [7, 11) is 0. The summed E-state index contributed by atoms with van der Waals surface area (Å²) in [5.74, 6) is 2.04. The van der Waals surface area contributed by atoms with E-state index < -0.39 is 0 Å². The van der Waals surface area contributed by atoms with Crippen molar-refractivity contribution < 1.29 is 0 Å². The molecular formula is C17H21N7. The van der Waals surface area contributed by atoms with Crippen LogP contribution in [0.15, 0.2) is 36.7 Å². The van der Waals surface area contributed by atoms with Crippen LogP contribution in [0, 0.1) is 6.92 Å². The van der Waals surface area contributed by atoms with Crippen LogP contribution in [0.2, 0.25) is 0 Å². The molecule has 4 heterocycles. The van der Waals surface area contributed by atoms with Crippen LogP contribution in [0.5, 0.6) is 0 Å². The van der Waals surface area contributed by atoms with Gasteiger partial charge < -0.3 is 4.57 Å². The van der Waals surface area contributed by atoms with Gasteiger partial charge in [0.1, 0.15) is 12.4 Å². The minimum Gasteiger partial charge on any atom is -0.312 e. The summed E-state index contributed by atoms with van der Waals surface area (Å²) in [6, 6.07) is 8.14. The van der Waals surface area contributed by atoms with Gasteiger partial charge >= 0.3 is 0 Å². The van der Waals surface area contributed by atoms with Crippen LogP contribution < -0.4 is 0 Å². The standard InChI is InChI=1S/C17H21N7/c1-14-4-2-5-15(19-14)12-22-9-6-16-20-21-17(24(16)11-10-22)13-23-8-3-7-18-23/h2-5,7-8H,6,9-13H2,1H3. The molecule has 7 nitrogen and oxygen atoms in total. The Balaban J connectivity index is 1.45. The molecule has 0 fully saturated rings. The van der Waals surface area contributed by atoms with Gasteiger partial charge in [-0.25, -0.2) is 0 Å². The Hall–Kier alpha value is -2.54. The van der Waals surface area contributed by atoms with E-state index in [1.807, 2.05) is 29.9 Å². The fourth-order valence-electron chi connectivity index (χ4n) is 3.16. The first kappa shape index (κ1) is 15.0. The van der Waals surface area contributed by atoms with Gasteiger partial charge in [0, 0.05) is 50.7 Å². The molecule has 124 valence electrons. The van der Waals surface area contributed by atoms with E-state index in [0.717, 1.165) is 55.6 Å². The zero-order valence-corrected chi connectivity index (χ0v) is 13.8. The van der Waals surface area contributed by atoms with Crippen molar-refractivity contribution in [1.82, 2.24) is 34.4 Å². The summed E-state index contributed by atoms with van der Waals surface area (Å²) in [4.78, 5) is 7.05. The molecule has 0 aromatic carbocycles. The SMILES string of the molecule is Cc1cccc(CN2CCc3nnc(Cn4cccn4)n3CC2)n1. The predicted octanol–water partition coefficient (Wildman–Crippen LogP) is 1.28. The Labute approximate surface area is 141 Å². The molecule has 0 unspecified atom stereocenters. The van der Waals surface area contributed by atoms with Gasteiger partial charge in [-0.15, -0.1) is 10.2 Å². The molecule has 0 amide bonds. The van der Waals surface area contributed by atoms with Crippen molar-refractivity contribution in [3.05, 3.63) is 59.7 Å². The maximum Gasteiger partial charge on any atom is 0.154 e. The van der Waals surface area contributed by atoms with Crippen LogP contribution in [0.4, 0.5) is 0 Å². The van der Waals surface area contributed by atoms with E-state index >= 15 is 0 Å². The molecule has 24 heavy (non-hydrogen) atoms. The first-order valence-corrected chi connectivity index (χ1v) is 8.31. The molecule has 0 N–H and O–H groups in total. The average molecular weight is 323 g/mol. The van der Waals surface area contributed by atoms with Crippen LogP contribution in [0.1, 0.15) is 23.0 Å². The molecule has 3 aromatic heterocycles. The highest BCUT2D eigenvalue weighted by molar-refractivity contribution is 5.10. The summed E-state index contributed by atoms with van der Waals surface area (Å²) < 4.78 is 4.13. The van der Waals surface area contributed by atoms with Gasteiger partial charge in [0.2, 0.25) is 0 Å². The minimum atomic E-state index is 0.666. The third-order valence-corrected chi connectivity index (χ3v) is 4.39. The molecule has 3 aromatic rings. The number of rotatable bonds is 4. The lowest BCUT2D eigenvalue weighted by Gasteiger charge is -2.19. The van der Waals surface area contributed by atoms with Crippen LogP contribution in [-0.2, 0) is 26.1 Å². The van der Waals surface area contributed by atoms with Crippen LogP contribution in [0.3, 0.4) is 0 Å². The monoisotopic (exact) mass is 323 g/mol. The third-order valence-electron chi connectivity index (χ3n) is 4.39. The molecule has 0 saturated carbocycles. The lowest BCUT2D eigenvalue weighted by Crippen LogP contribution is -2.27. The molecule has 0 spiro atoms. The summed E-state index contributed by atoms with van der Waals surface area (Å²) in [5.41, 5.74) is 2.20. The first-order chi connectivity index (χ1) is 11.8. The molecule has 7 heteroatoms. The number of fused-ring (bicyclic) bond motifs is 1. The molecule has 0 atom stereocenters. The highest BCUT2D eigenvalue weighted by atomic mass is 15.3. The number of aryl methyl sites for hydroxylation is 1. The molecule has 0 radical (unpaired) electrons. The van der Waals surface area contributed by atoms with Crippen molar-refractivity contribution >= 4 is 0 Å². The normalized spacial score (nSPS) is 15.2. The number of nitrogens with zero attached hydrogens (tertiary/aromatic N) is 7. The summed E-state index contributed by atoms with van der Waals surface area (Å²) in [6.45, 7) is 6.45. The molecular weight excluding hydrogens is 302 g/mol. The van der Waals surface area contributed by atoms with Crippen LogP contribution in [0.25, 0.3) is 0 Å². The average Bonchev–Trinajstić information content (AvgIpc) is 3.16. The zero-order chi connectivity index (χ0) is 16.4. The van der Waals surface area contributed by atoms with Gasteiger partial charge in [0.05, 0.1) is 5.69 Å². The summed E-state index contributed by atoms with van der Waals surface area (Å²) in [5, 5.41) is 13.0. The van der Waals surface area contributed by atoms with Crippen molar-refractivity contribution in [3.8, 4) is 0 Å². The second-order valence-electron chi connectivity index (χ2n) is 6.18. The third kappa shape index (κ3) is 3.21. The Morgan fingerprint density at radius 3 is 2.83 bits per heavy atom. The predicted molar refractivity (Wildman–Crippen MR) is 89.3 cm³/mol. The lowest BCUT2D eigenvalue weighted by atomic mass is 10.3. The van der Waals surface area contributed by atoms with Crippen molar-refractivity contribution in [2.75, 3.05) is 13.1 Å². The van der Waals surface area contributed by atoms with Gasteiger partial charge in [0.25, 0.3) is 0 Å². The highest BCUT2D eigenvalue weighted by Gasteiger charge is 2.19. The smallest absolute Gasteiger partial charge is 0.154 e. The number of aromatic nitrogens is 6. The maximum atomic E-state index is 4.61. The largest absolute Gasteiger partial charge is 0.312 e. The molecule has 1 aliphatic rings. The Bertz CT molecular complexity index is 806. The topological polar surface area (TPSA) is 64.7 Å². The van der Waals surface area contributed by atoms with E-state index in [0.29, 0.717) is 6.54 Å². The second kappa shape index (κ2) is 6.52. The zero-order valence-electron chi connectivity index (χ0n) is 13.8. The van der Waals surface area contributed by atoms with Gasteiger partial charge in [-0.3, -0.25) is 14.6 Å². The number of pyridine rings is 1. The first-order valence-electron chi connectivity index (χ1n) is 8.31. The van der Waals surface area contributed by atoms with E-state index in [4.69, 9.17) is 0 Å². The molecule has 1 aliphatic heterocycles. The van der Waals surface area contributed by atoms with E-state index in [9.17, 15) is 0 Å². The quantitative estimate of drug-likeness (QED) is 0.724. The second-order valence-corrected chi connectivity index (χ2v) is 6.18. The van der Waals surface area contributed by atoms with Gasteiger partial charge in [-0.1, -0.05) is 6.07 Å². The van der Waals surface area contributed by atoms with E-state index in [1.165, 1.54) is 0 Å². The Morgan fingerprint density at radius 2 is 2.00 bits per heavy atom. The van der Waals surface area contributed by atoms with Gasteiger partial charge in [-0.05, 0) is 25.1 Å². The Kier molecular flexibility index (Phi) is 4.08. The molecule has 4 rings (SSSR count). The van der Waals surface area contributed by atoms with Crippen LogP contribution in [-0.4, -0.2) is 47.5 Å². The highest BCUT2D eigenvalue weighted by Crippen LogP contribution is 2.12. The number of hydrogen-bond acceptors (Lipinski definition) is 5. The molecule has 0 aliphatic carbocycles. The number of hydrogen-bond donors (Lipinski definition) is 0. The van der Waals surface area contributed by atoms with Crippen molar-refractivity contribution in [2.45, 2.75) is 33.0 Å². The van der Waals surface area contributed by atoms with Crippen molar-refractivity contribution in [1.29, 1.82) is 0 Å². The van der Waals surface area contributed by atoms with Gasteiger partial charge in [-0.2, -0.15) is 5.10 Å². The van der Waals surface area contributed by atoms with Crippen molar-refractivity contribution in [3.63, 3.8) is 0 Å². The summed E-state index contributed by atoms with van der Waals surface area (Å²) in [6.07, 6.45) is 4.66. The fourth-order valence-corrected chi connectivity index (χ4v) is 3.16. The van der Waals surface area contributed by atoms with Crippen LogP contribution >= 0.6 is 0 Å². The fraction of sp³-hybridized carbons (Fsp3) is 0.412. The Morgan fingerprint density at radius 1 is 1.04 bits per heavy atom.